The van der Waals surface area contributed by atoms with E-state index >= 15 is 0 Å². The number of allylic oxidation sites excluding steroid dienone is 1. The molecule has 0 aromatic heterocycles. The summed E-state index contributed by atoms with van der Waals surface area (Å²) in [5, 5.41) is 3.17. The molecule has 0 spiro atoms. The summed E-state index contributed by atoms with van der Waals surface area (Å²) in [5.41, 5.74) is 1.51. The number of piperazine rings is 1. The van der Waals surface area contributed by atoms with Gasteiger partial charge in [-0.1, -0.05) is 11.6 Å². The third kappa shape index (κ3) is 3.92. The molecule has 26 heavy (non-hydrogen) atoms. The average Bonchev–Trinajstić information content (AvgIpc) is 2.68. The van der Waals surface area contributed by atoms with Crippen LogP contribution >= 0.6 is 0 Å². The van der Waals surface area contributed by atoms with Gasteiger partial charge in [-0.2, -0.15) is 0 Å². The normalized spacial score (nSPS) is 18.0. The number of carbonyl (C=O) groups excluding carboxylic acids is 1. The van der Waals surface area contributed by atoms with E-state index < -0.39 is 10.9 Å². The number of ether oxygens (including phenoxy) is 1. The van der Waals surface area contributed by atoms with E-state index in [0.717, 1.165) is 19.3 Å². The fraction of sp³-hybridized carbons (Fsp3) is 0.632. The van der Waals surface area contributed by atoms with Gasteiger partial charge in [-0.05, 0) is 39.0 Å². The van der Waals surface area contributed by atoms with Crippen LogP contribution in [0.3, 0.4) is 0 Å². The molecule has 1 saturated heterocycles. The molecule has 0 saturated carbocycles. The van der Waals surface area contributed by atoms with E-state index in [0.29, 0.717) is 50.7 Å². The summed E-state index contributed by atoms with van der Waals surface area (Å²) < 4.78 is 5.01. The lowest BCUT2D eigenvalue weighted by Gasteiger charge is -2.36. The number of nitrogens with zero attached hydrogens (tertiary/aromatic N) is 2. The standard InChI is InChI=1S/C19H27N3O4/c1-2-26-19(25)22-12-10-21(11-13-22)16-15(17(23)18(16)24)20-9-8-14-6-4-3-5-7-14/h6,20H,2-5,7-13H2,1H3. The van der Waals surface area contributed by atoms with E-state index in [2.05, 4.69) is 11.4 Å². The summed E-state index contributed by atoms with van der Waals surface area (Å²) in [4.78, 5) is 39.3. The first-order valence-corrected chi connectivity index (χ1v) is 9.53. The largest absolute Gasteiger partial charge is 0.450 e. The fourth-order valence-electron chi connectivity index (χ4n) is 3.65. The van der Waals surface area contributed by atoms with E-state index in [1.807, 2.05) is 4.90 Å². The molecule has 1 amide bonds. The number of amides is 1. The van der Waals surface area contributed by atoms with Crippen LogP contribution in [0.4, 0.5) is 16.2 Å². The van der Waals surface area contributed by atoms with Crippen molar-refractivity contribution < 1.29 is 9.53 Å². The van der Waals surface area contributed by atoms with Gasteiger partial charge in [0.15, 0.2) is 0 Å². The van der Waals surface area contributed by atoms with Crippen molar-refractivity contribution in [3.8, 4) is 0 Å². The van der Waals surface area contributed by atoms with E-state index in [1.165, 1.54) is 18.4 Å². The Hall–Kier alpha value is -2.31. The van der Waals surface area contributed by atoms with Gasteiger partial charge in [0.2, 0.25) is 0 Å². The Kier molecular flexibility index (Phi) is 5.96. The molecule has 0 unspecified atom stereocenters. The number of rotatable bonds is 6. The smallest absolute Gasteiger partial charge is 0.409 e. The molecule has 1 aliphatic heterocycles. The molecule has 7 heteroatoms. The maximum absolute atomic E-state index is 12.0. The van der Waals surface area contributed by atoms with Gasteiger partial charge >= 0.3 is 6.09 Å². The van der Waals surface area contributed by atoms with Crippen LogP contribution in [0, 0.1) is 0 Å². The Bertz CT molecular complexity index is 740. The molecule has 1 N–H and O–H groups in total. The van der Waals surface area contributed by atoms with E-state index in [-0.39, 0.29) is 6.09 Å². The SMILES string of the molecule is CCOC(=O)N1CCN(c2c(NCCC3=CCCCC3)c(=O)c2=O)CC1. The van der Waals surface area contributed by atoms with Crippen molar-refractivity contribution in [2.45, 2.75) is 39.0 Å². The Morgan fingerprint density at radius 1 is 1.15 bits per heavy atom. The van der Waals surface area contributed by atoms with Crippen molar-refractivity contribution in [1.29, 1.82) is 0 Å². The summed E-state index contributed by atoms with van der Waals surface area (Å²) >= 11 is 0. The highest BCUT2D eigenvalue weighted by Gasteiger charge is 2.29. The van der Waals surface area contributed by atoms with Gasteiger partial charge in [-0.15, -0.1) is 0 Å². The van der Waals surface area contributed by atoms with E-state index in [4.69, 9.17) is 4.74 Å². The third-order valence-corrected chi connectivity index (χ3v) is 5.14. The lowest BCUT2D eigenvalue weighted by molar-refractivity contribution is 0.105. The molecule has 142 valence electrons. The van der Waals surface area contributed by atoms with Crippen LogP contribution in [-0.2, 0) is 4.74 Å². The van der Waals surface area contributed by atoms with Crippen molar-refractivity contribution in [1.82, 2.24) is 4.90 Å². The zero-order chi connectivity index (χ0) is 18.5. The summed E-state index contributed by atoms with van der Waals surface area (Å²) in [6, 6.07) is 0. The van der Waals surface area contributed by atoms with Crippen LogP contribution in [0.5, 0.6) is 0 Å². The van der Waals surface area contributed by atoms with Gasteiger partial charge in [-0.3, -0.25) is 9.59 Å². The summed E-state index contributed by atoms with van der Waals surface area (Å²) in [5.74, 6) is 0. The molecule has 1 heterocycles. The highest BCUT2D eigenvalue weighted by atomic mass is 16.6. The maximum atomic E-state index is 12.0. The van der Waals surface area contributed by atoms with Crippen LogP contribution in [0.1, 0.15) is 39.0 Å². The van der Waals surface area contributed by atoms with Crippen molar-refractivity contribution in [3.63, 3.8) is 0 Å². The monoisotopic (exact) mass is 361 g/mol. The maximum Gasteiger partial charge on any atom is 0.409 e. The molecule has 1 aliphatic carbocycles. The fourth-order valence-corrected chi connectivity index (χ4v) is 3.65. The predicted molar refractivity (Wildman–Crippen MR) is 102 cm³/mol. The minimum atomic E-state index is -0.426. The van der Waals surface area contributed by atoms with E-state index in [1.54, 1.807) is 11.8 Å². The van der Waals surface area contributed by atoms with Crippen molar-refractivity contribution in [2.24, 2.45) is 0 Å². The second-order valence-corrected chi connectivity index (χ2v) is 6.84. The first kappa shape index (κ1) is 18.5. The zero-order valence-electron chi connectivity index (χ0n) is 15.4. The molecular weight excluding hydrogens is 334 g/mol. The highest BCUT2D eigenvalue weighted by molar-refractivity contribution is 5.76. The molecular formula is C19H27N3O4. The van der Waals surface area contributed by atoms with E-state index in [9.17, 15) is 14.4 Å². The number of carbonyl (C=O) groups is 1. The number of nitrogens with one attached hydrogen (secondary N) is 1. The van der Waals surface area contributed by atoms with Crippen molar-refractivity contribution >= 4 is 17.5 Å². The first-order valence-electron chi connectivity index (χ1n) is 9.53. The van der Waals surface area contributed by atoms with Crippen LogP contribution in [0.15, 0.2) is 21.2 Å². The second-order valence-electron chi connectivity index (χ2n) is 6.84. The van der Waals surface area contributed by atoms with Gasteiger partial charge in [-0.25, -0.2) is 4.79 Å². The zero-order valence-corrected chi connectivity index (χ0v) is 15.4. The minimum Gasteiger partial charge on any atom is -0.450 e. The van der Waals surface area contributed by atoms with Gasteiger partial charge in [0.05, 0.1) is 6.61 Å². The molecule has 0 atom stereocenters. The first-order chi connectivity index (χ1) is 12.6. The summed E-state index contributed by atoms with van der Waals surface area (Å²) in [6.45, 7) is 4.84. The minimum absolute atomic E-state index is 0.323. The van der Waals surface area contributed by atoms with Crippen molar-refractivity contribution in [2.75, 3.05) is 49.5 Å². The summed E-state index contributed by atoms with van der Waals surface area (Å²) in [7, 11) is 0. The molecule has 1 aromatic carbocycles. The molecule has 1 aromatic rings. The van der Waals surface area contributed by atoms with Crippen LogP contribution in [-0.4, -0.2) is 50.3 Å². The molecule has 3 rings (SSSR count). The number of anilines is 2. The van der Waals surface area contributed by atoms with Crippen LogP contribution in [0.2, 0.25) is 0 Å². The Balaban J connectivity index is 1.55. The van der Waals surface area contributed by atoms with Gasteiger partial charge in [0, 0.05) is 32.7 Å². The second kappa shape index (κ2) is 8.38. The Labute approximate surface area is 153 Å². The van der Waals surface area contributed by atoms with Gasteiger partial charge in [0.1, 0.15) is 11.4 Å². The Morgan fingerprint density at radius 2 is 1.92 bits per heavy atom. The quantitative estimate of drug-likeness (QED) is 0.615. The number of hydrogen-bond acceptors (Lipinski definition) is 6. The Morgan fingerprint density at radius 3 is 2.58 bits per heavy atom. The lowest BCUT2D eigenvalue weighted by Crippen LogP contribution is -2.53. The molecule has 1 fully saturated rings. The molecule has 2 aliphatic rings. The highest BCUT2D eigenvalue weighted by Crippen LogP contribution is 2.23. The summed E-state index contributed by atoms with van der Waals surface area (Å²) in [6.07, 6.45) is 7.66. The molecule has 0 bridgehead atoms. The number of hydrogen-bond donors (Lipinski definition) is 1. The van der Waals surface area contributed by atoms with Crippen LogP contribution in [0.25, 0.3) is 0 Å². The van der Waals surface area contributed by atoms with Gasteiger partial charge < -0.3 is 19.9 Å². The lowest BCUT2D eigenvalue weighted by atomic mass is 9.97. The molecule has 7 nitrogen and oxygen atoms in total. The van der Waals surface area contributed by atoms with Gasteiger partial charge in [0.25, 0.3) is 10.9 Å². The third-order valence-electron chi connectivity index (χ3n) is 5.14. The van der Waals surface area contributed by atoms with Crippen LogP contribution < -0.4 is 21.1 Å². The predicted octanol–water partition coefficient (Wildman–Crippen LogP) is 1.86. The average molecular weight is 361 g/mol. The topological polar surface area (TPSA) is 79.0 Å². The molecule has 0 radical (unpaired) electrons. The van der Waals surface area contributed by atoms with Crippen molar-refractivity contribution in [3.05, 3.63) is 32.1 Å².